The van der Waals surface area contributed by atoms with Crippen molar-refractivity contribution in [1.29, 1.82) is 0 Å². The number of alkyl halides is 3. The second kappa shape index (κ2) is 8.47. The van der Waals surface area contributed by atoms with Crippen LogP contribution in [0.2, 0.25) is 0 Å². The molecule has 2 amide bonds. The van der Waals surface area contributed by atoms with Crippen LogP contribution in [0.1, 0.15) is 56.3 Å². The van der Waals surface area contributed by atoms with Crippen molar-refractivity contribution in [2.24, 2.45) is 17.3 Å². The lowest BCUT2D eigenvalue weighted by Crippen LogP contribution is -2.65. The minimum absolute atomic E-state index is 0.102. The summed E-state index contributed by atoms with van der Waals surface area (Å²) >= 11 is 0. The van der Waals surface area contributed by atoms with Gasteiger partial charge in [0.15, 0.2) is 17.4 Å². The third-order valence-corrected chi connectivity index (χ3v) is 8.91. The molecule has 3 saturated carbocycles. The molecule has 38 heavy (non-hydrogen) atoms. The van der Waals surface area contributed by atoms with Gasteiger partial charge in [0, 0.05) is 43.6 Å². The monoisotopic (exact) mass is 535 g/mol. The molecule has 0 N–H and O–H groups in total. The van der Waals surface area contributed by atoms with Gasteiger partial charge >= 0.3 is 12.4 Å². The second-order valence-electron chi connectivity index (χ2n) is 11.8. The first kappa shape index (κ1) is 24.0. The van der Waals surface area contributed by atoms with Crippen LogP contribution in [0.4, 0.5) is 22.4 Å². The van der Waals surface area contributed by atoms with E-state index in [4.69, 9.17) is 4.74 Å². The van der Waals surface area contributed by atoms with Crippen LogP contribution < -0.4 is 9.47 Å². The topological polar surface area (TPSA) is 72.7 Å². The molecule has 3 aliphatic carbocycles. The van der Waals surface area contributed by atoms with Gasteiger partial charge in [0.2, 0.25) is 0 Å². The number of halogens is 4. The number of nitrogens with zero attached hydrogens (tertiary/aromatic N) is 5. The van der Waals surface area contributed by atoms with E-state index in [2.05, 4.69) is 14.8 Å². The molecular weight excluding hydrogens is 506 g/mol. The number of likely N-dealkylation sites (tertiary alicyclic amines) is 2. The predicted molar refractivity (Wildman–Crippen MR) is 125 cm³/mol. The van der Waals surface area contributed by atoms with Gasteiger partial charge in [-0.1, -0.05) is 0 Å². The normalized spacial score (nSPS) is 28.3. The predicted octanol–water partition coefficient (Wildman–Crippen LogP) is 4.74. The zero-order valence-electron chi connectivity index (χ0n) is 20.7. The van der Waals surface area contributed by atoms with Crippen molar-refractivity contribution in [2.45, 2.75) is 63.0 Å². The third-order valence-electron chi connectivity index (χ3n) is 8.91. The molecule has 1 unspecified atom stereocenters. The molecule has 2 aromatic rings. The van der Waals surface area contributed by atoms with Gasteiger partial charge in [-0.15, -0.1) is 13.2 Å². The average molecular weight is 536 g/mol. The first-order valence-electron chi connectivity index (χ1n) is 13.3. The number of rotatable bonds is 5. The summed E-state index contributed by atoms with van der Waals surface area (Å²) in [5.74, 6) is 0.312. The van der Waals surface area contributed by atoms with E-state index in [0.717, 1.165) is 56.7 Å². The number of hydrogen-bond donors (Lipinski definition) is 0. The summed E-state index contributed by atoms with van der Waals surface area (Å²) < 4.78 is 62.6. The van der Waals surface area contributed by atoms with Crippen LogP contribution in [0, 0.1) is 23.1 Å². The van der Waals surface area contributed by atoms with E-state index in [1.165, 1.54) is 18.9 Å². The molecule has 8 nitrogen and oxygen atoms in total. The van der Waals surface area contributed by atoms with Gasteiger partial charge in [0.25, 0.3) is 0 Å². The number of carbonyl (C=O) groups excluding carboxylic acids is 1. The highest BCUT2D eigenvalue weighted by molar-refractivity contribution is 5.76. The van der Waals surface area contributed by atoms with Gasteiger partial charge in [-0.2, -0.15) is 5.10 Å². The number of aromatic nitrogens is 3. The maximum atomic E-state index is 14.0. The van der Waals surface area contributed by atoms with E-state index in [9.17, 15) is 22.4 Å². The Morgan fingerprint density at radius 3 is 2.39 bits per heavy atom. The van der Waals surface area contributed by atoms with Gasteiger partial charge in [-0.25, -0.2) is 18.9 Å². The highest BCUT2D eigenvalue weighted by Gasteiger charge is 2.56. The Hall–Kier alpha value is -3.05. The highest BCUT2D eigenvalue weighted by atomic mass is 19.4. The first-order chi connectivity index (χ1) is 18.1. The smallest absolute Gasteiger partial charge is 0.490 e. The van der Waals surface area contributed by atoms with Crippen LogP contribution in [-0.4, -0.2) is 69.2 Å². The summed E-state index contributed by atoms with van der Waals surface area (Å²) in [6.45, 7) is 2.93. The fourth-order valence-corrected chi connectivity index (χ4v) is 6.93. The molecule has 0 bridgehead atoms. The summed E-state index contributed by atoms with van der Waals surface area (Å²) in [5, 5.41) is 4.66. The summed E-state index contributed by atoms with van der Waals surface area (Å²) in [6.07, 6.45) is 2.67. The Morgan fingerprint density at radius 1 is 1.05 bits per heavy atom. The molecule has 5 fully saturated rings. The van der Waals surface area contributed by atoms with Crippen molar-refractivity contribution in [3.63, 3.8) is 0 Å². The summed E-state index contributed by atoms with van der Waals surface area (Å²) in [7, 11) is 0. The van der Waals surface area contributed by atoms with Crippen LogP contribution in [0.25, 0.3) is 0 Å². The lowest BCUT2D eigenvalue weighted by atomic mass is 9.61. The number of amides is 2. The van der Waals surface area contributed by atoms with E-state index in [-0.39, 0.29) is 23.3 Å². The lowest BCUT2D eigenvalue weighted by Gasteiger charge is -2.59. The van der Waals surface area contributed by atoms with E-state index < -0.39 is 17.9 Å². The molecule has 3 heterocycles. The summed E-state index contributed by atoms with van der Waals surface area (Å²) in [4.78, 5) is 21.5. The molecule has 1 aromatic carbocycles. The molecular formula is C26H29F4N5O3. The second-order valence-corrected chi connectivity index (χ2v) is 11.8. The van der Waals surface area contributed by atoms with Gasteiger partial charge in [-0.3, -0.25) is 0 Å². The zero-order chi connectivity index (χ0) is 26.2. The highest BCUT2D eigenvalue weighted by Crippen LogP contribution is 2.54. The fraction of sp³-hybridized carbons (Fsp3) is 0.654. The molecule has 204 valence electrons. The van der Waals surface area contributed by atoms with E-state index in [1.807, 2.05) is 20.8 Å². The zero-order valence-corrected chi connectivity index (χ0v) is 20.7. The number of urea groups is 1. The number of benzene rings is 1. The van der Waals surface area contributed by atoms with Crippen LogP contribution in [-0.2, 0) is 0 Å². The molecule has 5 aliphatic rings. The van der Waals surface area contributed by atoms with Gasteiger partial charge in [-0.05, 0) is 62.5 Å². The summed E-state index contributed by atoms with van der Waals surface area (Å²) in [6, 6.07) is 3.62. The van der Waals surface area contributed by atoms with Crippen molar-refractivity contribution < 1.29 is 31.8 Å². The van der Waals surface area contributed by atoms with E-state index in [1.54, 1.807) is 0 Å². The Bertz CT molecular complexity index is 1220. The van der Waals surface area contributed by atoms with Crippen molar-refractivity contribution in [2.75, 3.05) is 26.2 Å². The van der Waals surface area contributed by atoms with Gasteiger partial charge in [0.1, 0.15) is 12.1 Å². The van der Waals surface area contributed by atoms with Crippen molar-refractivity contribution >= 4 is 6.03 Å². The van der Waals surface area contributed by atoms with E-state index >= 15 is 0 Å². The van der Waals surface area contributed by atoms with Crippen LogP contribution >= 0.6 is 0 Å². The molecule has 0 radical (unpaired) electrons. The van der Waals surface area contributed by atoms with Crippen LogP contribution in [0.3, 0.4) is 0 Å². The standard InChI is InChI=1S/C26H29F4N5O3/c27-21-7-19(3-4-22(21)38-26(28,29)30)37-20-5-16-10-33(11-17(16)6-20)24(36)34-12-25(13-34)8-18(9-25)35-14-31-23(32-35)15-1-2-15/h3-4,7,14-18,20H,1-2,5-6,8-13H2/t16-,17+,20?. The van der Waals surface area contributed by atoms with Crippen molar-refractivity contribution in [3.8, 4) is 11.5 Å². The number of ether oxygens (including phenoxy) is 2. The third kappa shape index (κ3) is 4.45. The minimum atomic E-state index is -4.95. The fourth-order valence-electron chi connectivity index (χ4n) is 6.93. The SMILES string of the molecule is O=C(N1C[C@H]2CC(Oc3ccc(OC(F)(F)F)c(F)c3)C[C@H]2C1)N1CC2(CC(n3cnc(C4CC4)n3)C2)C1. The maximum absolute atomic E-state index is 14.0. The molecule has 7 rings (SSSR count). The number of hydrogen-bond acceptors (Lipinski definition) is 5. The lowest BCUT2D eigenvalue weighted by molar-refractivity contribution is -0.275. The van der Waals surface area contributed by atoms with Crippen LogP contribution in [0.15, 0.2) is 24.5 Å². The molecule has 1 aromatic heterocycles. The quantitative estimate of drug-likeness (QED) is 0.518. The molecule has 3 atom stereocenters. The Kier molecular flexibility index (Phi) is 5.36. The number of fused-ring (bicyclic) bond motifs is 1. The Labute approximate surface area is 216 Å². The van der Waals surface area contributed by atoms with E-state index in [0.29, 0.717) is 36.9 Å². The Balaban J connectivity index is 0.866. The molecule has 2 saturated heterocycles. The van der Waals surface area contributed by atoms with Gasteiger partial charge < -0.3 is 19.3 Å². The van der Waals surface area contributed by atoms with Crippen molar-refractivity contribution in [1.82, 2.24) is 24.6 Å². The Morgan fingerprint density at radius 2 is 1.76 bits per heavy atom. The molecule has 12 heteroatoms. The van der Waals surface area contributed by atoms with Gasteiger partial charge in [0.05, 0.1) is 12.1 Å². The largest absolute Gasteiger partial charge is 0.573 e. The summed E-state index contributed by atoms with van der Waals surface area (Å²) in [5.41, 5.74) is 0.219. The molecule has 2 aliphatic heterocycles. The number of carbonyl (C=O) groups is 1. The molecule has 1 spiro atoms. The average Bonchev–Trinajstić information content (AvgIpc) is 3.21. The van der Waals surface area contributed by atoms with Crippen molar-refractivity contribution in [3.05, 3.63) is 36.2 Å². The van der Waals surface area contributed by atoms with Crippen LogP contribution in [0.5, 0.6) is 11.5 Å². The maximum Gasteiger partial charge on any atom is 0.573 e. The first-order valence-corrected chi connectivity index (χ1v) is 13.3. The minimum Gasteiger partial charge on any atom is -0.490 e.